The molecule has 9 aromatic rings. The minimum absolute atomic E-state index is 0.246. The normalized spacial score (nSPS) is 13.6. The lowest BCUT2D eigenvalue weighted by Gasteiger charge is -2.31. The van der Waals surface area contributed by atoms with Crippen LogP contribution in [0.15, 0.2) is 134 Å². The first-order chi connectivity index (χ1) is 29.3. The van der Waals surface area contributed by atoms with E-state index in [2.05, 4.69) is 9.97 Å². The van der Waals surface area contributed by atoms with Crippen LogP contribution in [-0.4, -0.2) is 47.8 Å². The fourth-order valence-corrected chi connectivity index (χ4v) is 8.55. The summed E-state index contributed by atoms with van der Waals surface area (Å²) in [4.78, 5) is 68.7. The van der Waals surface area contributed by atoms with Gasteiger partial charge in [0.15, 0.2) is 0 Å². The van der Waals surface area contributed by atoms with Gasteiger partial charge in [-0.1, -0.05) is 12.1 Å². The lowest BCUT2D eigenvalue weighted by Crippen LogP contribution is -2.40. The van der Waals surface area contributed by atoms with E-state index in [1.54, 1.807) is 111 Å². The third-order valence-corrected chi connectivity index (χ3v) is 11.2. The summed E-state index contributed by atoms with van der Waals surface area (Å²) in [6.45, 7) is 0. The molecular formula is C48H28N4O8. The van der Waals surface area contributed by atoms with Crippen molar-refractivity contribution >= 4 is 78.1 Å². The van der Waals surface area contributed by atoms with Gasteiger partial charge in [-0.2, -0.15) is 0 Å². The number of carbonyl (C=O) groups excluding carboxylic acids is 4. The molecule has 0 unspecified atom stereocenters. The second-order valence-corrected chi connectivity index (χ2v) is 14.3. The molecule has 4 heterocycles. The minimum Gasteiger partial charge on any atom is -0.497 e. The maximum absolute atomic E-state index is 14.7. The number of hydrogen-bond donors (Lipinski definition) is 0. The number of aromatic nitrogens is 2. The highest BCUT2D eigenvalue weighted by Crippen LogP contribution is 2.53. The highest BCUT2D eigenvalue weighted by Gasteiger charge is 2.40. The van der Waals surface area contributed by atoms with Gasteiger partial charge in [0.05, 0.1) is 36.7 Å². The van der Waals surface area contributed by atoms with Gasteiger partial charge in [-0.25, -0.2) is 9.80 Å². The lowest BCUT2D eigenvalue weighted by molar-refractivity contribution is 0.0877. The molecule has 11 rings (SSSR count). The second kappa shape index (κ2) is 13.1. The zero-order valence-electron chi connectivity index (χ0n) is 31.8. The smallest absolute Gasteiger partial charge is 0.266 e. The standard InChI is InChI=1S/C48H28N4O8/c1-57-27-3-7-29(8-4-27)59-37-23-35-39-33(45(53)51(47(35)55)25-15-19-49-20-16-25)14-12-32-42-38(60-30-9-5-28(58-2)6-10-30)24-36-40-34(13-11-31(44(40)42)41(37)43(32)39)46(54)52(48(36)56)26-17-21-50-22-18-26/h3-24H,1-2H3. The van der Waals surface area contributed by atoms with Crippen LogP contribution in [0.2, 0.25) is 0 Å². The number of pyridine rings is 2. The first-order valence-electron chi connectivity index (χ1n) is 18.8. The van der Waals surface area contributed by atoms with Crippen molar-refractivity contribution in [3.05, 3.63) is 156 Å². The monoisotopic (exact) mass is 788 g/mol. The summed E-state index contributed by atoms with van der Waals surface area (Å²) in [5.41, 5.74) is 1.84. The Morgan fingerprint density at radius 2 is 0.733 bits per heavy atom. The van der Waals surface area contributed by atoms with Crippen molar-refractivity contribution < 1.29 is 38.1 Å². The van der Waals surface area contributed by atoms with Gasteiger partial charge in [0, 0.05) is 68.2 Å². The molecule has 288 valence electrons. The Labute approximate surface area is 340 Å². The number of methoxy groups -OCH3 is 2. The van der Waals surface area contributed by atoms with E-state index in [1.165, 1.54) is 24.8 Å². The van der Waals surface area contributed by atoms with Crippen LogP contribution in [0, 0.1) is 0 Å². The van der Waals surface area contributed by atoms with E-state index >= 15 is 0 Å². The summed E-state index contributed by atoms with van der Waals surface area (Å²) in [5, 5.41) is 4.40. The van der Waals surface area contributed by atoms with Crippen LogP contribution in [-0.2, 0) is 0 Å². The molecule has 0 atom stereocenters. The van der Waals surface area contributed by atoms with Gasteiger partial charge in [-0.05, 0) is 108 Å². The quantitative estimate of drug-likeness (QED) is 0.0831. The van der Waals surface area contributed by atoms with Crippen molar-refractivity contribution in [3.63, 3.8) is 0 Å². The van der Waals surface area contributed by atoms with Crippen molar-refractivity contribution in [1.82, 2.24) is 9.97 Å². The van der Waals surface area contributed by atoms with Gasteiger partial charge in [0.1, 0.15) is 34.5 Å². The number of imide groups is 2. The van der Waals surface area contributed by atoms with Gasteiger partial charge in [-0.15, -0.1) is 0 Å². The molecule has 7 aromatic carbocycles. The molecule has 0 aliphatic carbocycles. The average molecular weight is 789 g/mol. The SMILES string of the molecule is COc1ccc(Oc2cc3c4c(ccc5c6c(Oc7ccc(OC)cc7)cc7c8c(ccc(c2c45)c86)C(=O)N(c2ccncc2)C7=O)C(=O)N(c2ccncc2)C3=O)cc1. The maximum atomic E-state index is 14.7. The third-order valence-electron chi connectivity index (χ3n) is 11.2. The number of nitrogens with zero attached hydrogens (tertiary/aromatic N) is 4. The van der Waals surface area contributed by atoms with Crippen molar-refractivity contribution in [2.24, 2.45) is 0 Å². The van der Waals surface area contributed by atoms with Crippen molar-refractivity contribution in [1.29, 1.82) is 0 Å². The van der Waals surface area contributed by atoms with E-state index < -0.39 is 23.6 Å². The molecule has 0 fully saturated rings. The van der Waals surface area contributed by atoms with Gasteiger partial charge in [0.25, 0.3) is 23.6 Å². The second-order valence-electron chi connectivity index (χ2n) is 14.3. The number of hydrogen-bond acceptors (Lipinski definition) is 10. The number of rotatable bonds is 8. The number of anilines is 2. The molecule has 4 amide bonds. The molecule has 12 nitrogen and oxygen atoms in total. The molecule has 2 aromatic heterocycles. The zero-order valence-corrected chi connectivity index (χ0v) is 31.8. The Kier molecular flexibility index (Phi) is 7.59. The van der Waals surface area contributed by atoms with Crippen LogP contribution >= 0.6 is 0 Å². The molecule has 2 aliphatic rings. The predicted molar refractivity (Wildman–Crippen MR) is 225 cm³/mol. The molecule has 60 heavy (non-hydrogen) atoms. The molecule has 0 saturated heterocycles. The largest absolute Gasteiger partial charge is 0.497 e. The highest BCUT2D eigenvalue weighted by molar-refractivity contribution is 6.46. The Morgan fingerprint density at radius 1 is 0.383 bits per heavy atom. The molecule has 12 heteroatoms. The molecule has 0 radical (unpaired) electrons. The third kappa shape index (κ3) is 4.97. The Morgan fingerprint density at radius 3 is 1.10 bits per heavy atom. The summed E-state index contributed by atoms with van der Waals surface area (Å²) < 4.78 is 24.2. The van der Waals surface area contributed by atoms with Crippen LogP contribution in [0.3, 0.4) is 0 Å². The van der Waals surface area contributed by atoms with Crippen LogP contribution in [0.25, 0.3) is 43.1 Å². The average Bonchev–Trinajstić information content (AvgIpc) is 3.28. The van der Waals surface area contributed by atoms with E-state index in [1.807, 2.05) is 12.1 Å². The van der Waals surface area contributed by atoms with Crippen molar-refractivity contribution in [3.8, 4) is 34.5 Å². The maximum Gasteiger partial charge on any atom is 0.266 e. The van der Waals surface area contributed by atoms with Crippen molar-refractivity contribution in [2.45, 2.75) is 0 Å². The van der Waals surface area contributed by atoms with Gasteiger partial charge in [-0.3, -0.25) is 29.1 Å². The fraction of sp³-hybridized carbons (Fsp3) is 0.0417. The molecule has 2 aliphatic heterocycles. The summed E-state index contributed by atoms with van der Waals surface area (Å²) in [7, 11) is 3.14. The van der Waals surface area contributed by atoms with Crippen LogP contribution in [0.1, 0.15) is 41.4 Å². The number of ether oxygens (including phenoxy) is 4. The van der Waals surface area contributed by atoms with Gasteiger partial charge >= 0.3 is 0 Å². The summed E-state index contributed by atoms with van der Waals surface area (Å²) in [5.74, 6) is 0.701. The predicted octanol–water partition coefficient (Wildman–Crippen LogP) is 9.73. The fourth-order valence-electron chi connectivity index (χ4n) is 8.55. The number of carbonyl (C=O) groups is 4. The first-order valence-corrected chi connectivity index (χ1v) is 18.8. The number of amides is 4. The van der Waals surface area contributed by atoms with Crippen LogP contribution < -0.4 is 28.7 Å². The van der Waals surface area contributed by atoms with E-state index in [9.17, 15) is 19.2 Å². The Balaban J connectivity index is 1.27. The summed E-state index contributed by atoms with van der Waals surface area (Å²) >= 11 is 0. The molecule has 0 saturated carbocycles. The lowest BCUT2D eigenvalue weighted by atomic mass is 9.81. The van der Waals surface area contributed by atoms with Crippen molar-refractivity contribution in [2.75, 3.05) is 24.0 Å². The molecular weight excluding hydrogens is 761 g/mol. The minimum atomic E-state index is -0.542. The molecule has 0 spiro atoms. The van der Waals surface area contributed by atoms with E-state index in [0.29, 0.717) is 100 Å². The summed E-state index contributed by atoms with van der Waals surface area (Å²) in [6.07, 6.45) is 6.09. The number of benzene rings is 7. The number of fused-ring (bicyclic) bond motifs is 2. The van der Waals surface area contributed by atoms with E-state index in [4.69, 9.17) is 18.9 Å². The van der Waals surface area contributed by atoms with Crippen LogP contribution in [0.4, 0.5) is 11.4 Å². The van der Waals surface area contributed by atoms with E-state index in [0.717, 1.165) is 9.80 Å². The van der Waals surface area contributed by atoms with Gasteiger partial charge < -0.3 is 18.9 Å². The van der Waals surface area contributed by atoms with E-state index in [-0.39, 0.29) is 11.1 Å². The molecule has 0 bridgehead atoms. The zero-order chi connectivity index (χ0) is 40.8. The summed E-state index contributed by atoms with van der Waals surface area (Å²) in [6, 6.07) is 30.9. The molecule has 0 N–H and O–H groups in total. The highest BCUT2D eigenvalue weighted by atomic mass is 16.5. The Bertz CT molecular complexity index is 3080. The first kappa shape index (κ1) is 34.8. The van der Waals surface area contributed by atoms with Crippen LogP contribution in [0.5, 0.6) is 34.5 Å². The topological polar surface area (TPSA) is 137 Å². The Hall–Kier alpha value is -8.38. The van der Waals surface area contributed by atoms with Gasteiger partial charge in [0.2, 0.25) is 0 Å².